The number of nitrogens with zero attached hydrogens (tertiary/aromatic N) is 1. The van der Waals surface area contributed by atoms with Crippen molar-refractivity contribution in [3.05, 3.63) is 33.8 Å². The summed E-state index contributed by atoms with van der Waals surface area (Å²) in [6, 6.07) is 7.01. The number of carbonyl (C=O) groups excluding carboxylic acids is 1. The third kappa shape index (κ3) is 3.25. The van der Waals surface area contributed by atoms with Crippen molar-refractivity contribution < 1.29 is 4.79 Å². The van der Waals surface area contributed by atoms with Gasteiger partial charge in [-0.3, -0.25) is 4.79 Å². The first-order valence-corrected chi connectivity index (χ1v) is 6.65. The molecule has 2 nitrogen and oxygen atoms in total. The molecule has 0 bridgehead atoms. The molecule has 0 aromatic heterocycles. The predicted molar refractivity (Wildman–Crippen MR) is 73.9 cm³/mol. The normalized spacial score (nSPS) is 13.7. The Hall–Kier alpha value is -1.04. The van der Waals surface area contributed by atoms with Crippen molar-refractivity contribution in [2.45, 2.75) is 32.6 Å². The molecule has 4 heteroatoms. The molecular formula is C14H15Cl2NO. The maximum absolute atomic E-state index is 12.2. The number of halogens is 2. The fourth-order valence-corrected chi connectivity index (χ4v) is 2.53. The summed E-state index contributed by atoms with van der Waals surface area (Å²) in [5.74, 6) is -1.16. The van der Waals surface area contributed by atoms with Crippen molar-refractivity contribution in [3.8, 4) is 6.07 Å². The van der Waals surface area contributed by atoms with Crippen LogP contribution in [0.4, 0.5) is 0 Å². The van der Waals surface area contributed by atoms with Crippen LogP contribution in [0.25, 0.3) is 0 Å². The Kier molecular flexibility index (Phi) is 5.65. The van der Waals surface area contributed by atoms with E-state index in [4.69, 9.17) is 23.2 Å². The van der Waals surface area contributed by atoms with Crippen molar-refractivity contribution in [2.24, 2.45) is 5.92 Å². The van der Waals surface area contributed by atoms with Crippen molar-refractivity contribution in [1.29, 1.82) is 5.26 Å². The van der Waals surface area contributed by atoms with Gasteiger partial charge in [0.05, 0.1) is 6.07 Å². The Morgan fingerprint density at radius 1 is 1.39 bits per heavy atom. The summed E-state index contributed by atoms with van der Waals surface area (Å²) in [6.45, 7) is 3.84. The first-order valence-electron chi connectivity index (χ1n) is 5.90. The standard InChI is InChI=1S/C14H15Cl2NO/c1-3-5-9(2)14(18)10(8-17)13-11(15)6-4-7-12(13)16/h4,6-7,9-10H,3,5H2,1-2H3. The molecule has 0 aliphatic carbocycles. The number of nitriles is 1. The number of Topliss-reactive ketones (excluding diaryl/α,β-unsaturated/α-hetero) is 1. The number of carbonyl (C=O) groups is 1. The second kappa shape index (κ2) is 6.78. The van der Waals surface area contributed by atoms with Crippen LogP contribution < -0.4 is 0 Å². The molecule has 0 amide bonds. The number of rotatable bonds is 5. The van der Waals surface area contributed by atoms with Crippen LogP contribution in [0.3, 0.4) is 0 Å². The maximum atomic E-state index is 12.2. The van der Waals surface area contributed by atoms with Gasteiger partial charge in [0.15, 0.2) is 5.78 Å². The molecule has 1 rings (SSSR count). The van der Waals surface area contributed by atoms with Gasteiger partial charge in [0.25, 0.3) is 0 Å². The first-order chi connectivity index (χ1) is 8.52. The van der Waals surface area contributed by atoms with Gasteiger partial charge < -0.3 is 0 Å². The van der Waals surface area contributed by atoms with E-state index in [-0.39, 0.29) is 11.7 Å². The van der Waals surface area contributed by atoms with Crippen molar-refractivity contribution in [2.75, 3.05) is 0 Å². The van der Waals surface area contributed by atoms with E-state index in [2.05, 4.69) is 0 Å². The van der Waals surface area contributed by atoms with E-state index in [9.17, 15) is 10.1 Å². The number of ketones is 1. The fraction of sp³-hybridized carbons (Fsp3) is 0.429. The molecule has 0 radical (unpaired) electrons. The van der Waals surface area contributed by atoms with Gasteiger partial charge in [-0.1, -0.05) is 49.5 Å². The van der Waals surface area contributed by atoms with Gasteiger partial charge in [0.1, 0.15) is 5.92 Å². The van der Waals surface area contributed by atoms with Gasteiger partial charge >= 0.3 is 0 Å². The van der Waals surface area contributed by atoms with Gasteiger partial charge in [-0.15, -0.1) is 0 Å². The Morgan fingerprint density at radius 2 is 1.94 bits per heavy atom. The van der Waals surface area contributed by atoms with Crippen LogP contribution in [0, 0.1) is 17.2 Å². The number of benzene rings is 1. The van der Waals surface area contributed by atoms with E-state index in [0.29, 0.717) is 15.6 Å². The molecule has 0 saturated carbocycles. The zero-order valence-corrected chi connectivity index (χ0v) is 11.9. The summed E-state index contributed by atoms with van der Waals surface area (Å²) in [6.07, 6.45) is 1.67. The number of hydrogen-bond donors (Lipinski definition) is 0. The van der Waals surface area contributed by atoms with E-state index >= 15 is 0 Å². The highest BCUT2D eigenvalue weighted by molar-refractivity contribution is 6.36. The minimum atomic E-state index is -0.882. The molecule has 1 aromatic rings. The molecule has 96 valence electrons. The van der Waals surface area contributed by atoms with E-state index < -0.39 is 5.92 Å². The molecule has 2 unspecified atom stereocenters. The van der Waals surface area contributed by atoms with Gasteiger partial charge in [-0.25, -0.2) is 0 Å². The lowest BCUT2D eigenvalue weighted by Gasteiger charge is -2.16. The highest BCUT2D eigenvalue weighted by Crippen LogP contribution is 2.33. The third-order valence-corrected chi connectivity index (χ3v) is 3.57. The molecule has 0 N–H and O–H groups in total. The lowest BCUT2D eigenvalue weighted by molar-refractivity contribution is -0.122. The predicted octanol–water partition coefficient (Wildman–Crippen LogP) is 4.61. The molecule has 2 atom stereocenters. The van der Waals surface area contributed by atoms with E-state index in [1.54, 1.807) is 18.2 Å². The summed E-state index contributed by atoms with van der Waals surface area (Å²) in [5.41, 5.74) is 0.427. The summed E-state index contributed by atoms with van der Waals surface area (Å²) in [7, 11) is 0. The second-order valence-electron chi connectivity index (χ2n) is 4.29. The zero-order valence-electron chi connectivity index (χ0n) is 10.4. The molecule has 1 aromatic carbocycles. The van der Waals surface area contributed by atoms with Crippen molar-refractivity contribution in [1.82, 2.24) is 0 Å². The van der Waals surface area contributed by atoms with Gasteiger partial charge in [0, 0.05) is 21.5 Å². The molecule has 0 fully saturated rings. The van der Waals surface area contributed by atoms with Gasteiger partial charge in [0.2, 0.25) is 0 Å². The zero-order chi connectivity index (χ0) is 13.7. The van der Waals surface area contributed by atoms with Crippen LogP contribution >= 0.6 is 23.2 Å². The fourth-order valence-electron chi connectivity index (χ4n) is 1.92. The highest BCUT2D eigenvalue weighted by atomic mass is 35.5. The maximum Gasteiger partial charge on any atom is 0.157 e. The number of hydrogen-bond acceptors (Lipinski definition) is 2. The Balaban J connectivity index is 3.12. The van der Waals surface area contributed by atoms with E-state index in [1.165, 1.54) is 0 Å². The van der Waals surface area contributed by atoms with Gasteiger partial charge in [-0.05, 0) is 18.6 Å². The quantitative estimate of drug-likeness (QED) is 0.792. The highest BCUT2D eigenvalue weighted by Gasteiger charge is 2.28. The molecule has 0 saturated heterocycles. The monoisotopic (exact) mass is 283 g/mol. The molecular weight excluding hydrogens is 269 g/mol. The van der Waals surface area contributed by atoms with Crippen molar-refractivity contribution in [3.63, 3.8) is 0 Å². The van der Waals surface area contributed by atoms with Crippen molar-refractivity contribution >= 4 is 29.0 Å². The third-order valence-electron chi connectivity index (χ3n) is 2.91. The van der Waals surface area contributed by atoms with Gasteiger partial charge in [-0.2, -0.15) is 5.26 Å². The summed E-state index contributed by atoms with van der Waals surface area (Å²) in [4.78, 5) is 12.2. The van der Waals surface area contributed by atoms with Crippen LogP contribution in [-0.4, -0.2) is 5.78 Å². The Bertz CT molecular complexity index is 459. The SMILES string of the molecule is CCCC(C)C(=O)C(C#N)c1c(Cl)cccc1Cl. The summed E-state index contributed by atoms with van der Waals surface area (Å²) < 4.78 is 0. The van der Waals surface area contributed by atoms with Crippen LogP contribution in [0.15, 0.2) is 18.2 Å². The summed E-state index contributed by atoms with van der Waals surface area (Å²) in [5, 5.41) is 9.96. The molecule has 0 heterocycles. The molecule has 0 aliphatic heterocycles. The average molecular weight is 284 g/mol. The first kappa shape index (κ1) is 15.0. The topological polar surface area (TPSA) is 40.9 Å². The average Bonchev–Trinajstić information content (AvgIpc) is 2.33. The lowest BCUT2D eigenvalue weighted by atomic mass is 9.87. The Labute approximate surface area is 118 Å². The van der Waals surface area contributed by atoms with Crippen LogP contribution in [0.5, 0.6) is 0 Å². The van der Waals surface area contributed by atoms with Crippen LogP contribution in [-0.2, 0) is 4.79 Å². The largest absolute Gasteiger partial charge is 0.298 e. The van der Waals surface area contributed by atoms with E-state index in [1.807, 2.05) is 19.9 Å². The van der Waals surface area contributed by atoms with Crippen LogP contribution in [0.2, 0.25) is 10.0 Å². The molecule has 0 spiro atoms. The summed E-state index contributed by atoms with van der Waals surface area (Å²) >= 11 is 12.1. The molecule has 0 aliphatic rings. The second-order valence-corrected chi connectivity index (χ2v) is 5.10. The smallest absolute Gasteiger partial charge is 0.157 e. The molecule has 18 heavy (non-hydrogen) atoms. The van der Waals surface area contributed by atoms with Crippen LogP contribution in [0.1, 0.15) is 38.2 Å². The Morgan fingerprint density at radius 3 is 2.39 bits per heavy atom. The minimum absolute atomic E-state index is 0.116. The van der Waals surface area contributed by atoms with E-state index in [0.717, 1.165) is 12.8 Å². The lowest BCUT2D eigenvalue weighted by Crippen LogP contribution is -2.19. The minimum Gasteiger partial charge on any atom is -0.298 e.